The summed E-state index contributed by atoms with van der Waals surface area (Å²) < 4.78 is 0. The molecule has 1 N–H and O–H groups in total. The highest BCUT2D eigenvalue weighted by Gasteiger charge is 2.07. The molecule has 0 unspecified atom stereocenters. The summed E-state index contributed by atoms with van der Waals surface area (Å²) >= 11 is 7.58. The van der Waals surface area contributed by atoms with Crippen molar-refractivity contribution in [1.82, 2.24) is 20.1 Å². The van der Waals surface area contributed by atoms with Crippen LogP contribution in [0.3, 0.4) is 0 Å². The Morgan fingerprint density at radius 3 is 2.62 bits per heavy atom. The lowest BCUT2D eigenvalue weighted by Gasteiger charge is -2.17. The van der Waals surface area contributed by atoms with Crippen molar-refractivity contribution in [2.24, 2.45) is 0 Å². The van der Waals surface area contributed by atoms with Crippen molar-refractivity contribution in [2.75, 3.05) is 34.2 Å². The first-order chi connectivity index (χ1) is 11.4. The third kappa shape index (κ3) is 6.11. The molecule has 2 amide bonds. The quantitative estimate of drug-likeness (QED) is 0.819. The molecule has 0 spiro atoms. The van der Waals surface area contributed by atoms with Crippen LogP contribution in [0.25, 0.3) is 0 Å². The molecule has 2 aromatic rings. The fraction of sp³-hybridized carbons (Fsp3) is 0.412. The zero-order valence-corrected chi connectivity index (χ0v) is 15.8. The van der Waals surface area contributed by atoms with Gasteiger partial charge in [-0.05, 0) is 24.7 Å². The second kappa shape index (κ2) is 9.01. The van der Waals surface area contributed by atoms with Crippen LogP contribution in [0.2, 0.25) is 5.02 Å². The predicted octanol–water partition coefficient (Wildman–Crippen LogP) is 3.09. The number of rotatable bonds is 7. The van der Waals surface area contributed by atoms with E-state index in [4.69, 9.17) is 11.6 Å². The summed E-state index contributed by atoms with van der Waals surface area (Å²) in [4.78, 5) is 19.8. The smallest absolute Gasteiger partial charge is 0.316 e. The van der Waals surface area contributed by atoms with Crippen molar-refractivity contribution in [3.8, 4) is 0 Å². The molecule has 0 saturated heterocycles. The molecule has 0 aliphatic rings. The molecule has 1 heterocycles. The molecule has 0 aliphatic heterocycles. The molecule has 0 aliphatic carbocycles. The molecule has 1 aromatic carbocycles. The third-order valence-electron chi connectivity index (χ3n) is 3.48. The number of thiazole rings is 1. The minimum atomic E-state index is -0.0673. The number of likely N-dealkylation sites (N-methyl/N-ethyl adjacent to an activating group) is 1. The lowest BCUT2D eigenvalue weighted by molar-refractivity contribution is 0.215. The van der Waals surface area contributed by atoms with Gasteiger partial charge in [0.05, 0.1) is 10.7 Å². The Kier molecular flexibility index (Phi) is 7.02. The van der Waals surface area contributed by atoms with Crippen molar-refractivity contribution in [3.63, 3.8) is 0 Å². The van der Waals surface area contributed by atoms with E-state index in [9.17, 15) is 4.79 Å². The largest absolute Gasteiger partial charge is 0.337 e. The van der Waals surface area contributed by atoms with Gasteiger partial charge in [-0.25, -0.2) is 9.78 Å². The standard InChI is InChI=1S/C17H23ClN4OS/c1-21(2)17(23)19-8-9-22(3)11-15-12-24-16(20-15)10-13-4-6-14(18)7-5-13/h4-7,12H,8-11H2,1-3H3,(H,19,23). The SMILES string of the molecule is CN(CCNC(=O)N(C)C)Cc1csc(Cc2ccc(Cl)cc2)n1. The molecule has 24 heavy (non-hydrogen) atoms. The number of amides is 2. The molecule has 0 atom stereocenters. The Morgan fingerprint density at radius 2 is 1.96 bits per heavy atom. The van der Waals surface area contributed by atoms with Gasteiger partial charge in [-0.15, -0.1) is 11.3 Å². The van der Waals surface area contributed by atoms with Gasteiger partial charge in [0, 0.05) is 50.6 Å². The maximum absolute atomic E-state index is 11.5. The Hall–Kier alpha value is -1.63. The van der Waals surface area contributed by atoms with Crippen LogP contribution in [-0.4, -0.2) is 55.0 Å². The van der Waals surface area contributed by atoms with Crippen molar-refractivity contribution >= 4 is 29.0 Å². The summed E-state index contributed by atoms with van der Waals surface area (Å²) in [6, 6.07) is 7.80. The van der Waals surface area contributed by atoms with Crippen LogP contribution in [0.15, 0.2) is 29.6 Å². The molecular weight excluding hydrogens is 344 g/mol. The number of halogens is 1. The van der Waals surface area contributed by atoms with Gasteiger partial charge in [-0.1, -0.05) is 23.7 Å². The van der Waals surface area contributed by atoms with Crippen LogP contribution < -0.4 is 5.32 Å². The zero-order chi connectivity index (χ0) is 17.5. The Morgan fingerprint density at radius 1 is 1.25 bits per heavy atom. The highest BCUT2D eigenvalue weighted by atomic mass is 35.5. The maximum Gasteiger partial charge on any atom is 0.316 e. The van der Waals surface area contributed by atoms with Gasteiger partial charge in [-0.3, -0.25) is 4.90 Å². The highest BCUT2D eigenvalue weighted by molar-refractivity contribution is 7.09. The van der Waals surface area contributed by atoms with Crippen LogP contribution in [0, 0.1) is 0 Å². The van der Waals surface area contributed by atoms with E-state index in [-0.39, 0.29) is 6.03 Å². The minimum Gasteiger partial charge on any atom is -0.337 e. The second-order valence-electron chi connectivity index (χ2n) is 5.90. The van der Waals surface area contributed by atoms with Gasteiger partial charge in [0.15, 0.2) is 0 Å². The summed E-state index contributed by atoms with van der Waals surface area (Å²) in [6.07, 6.45) is 0.824. The molecule has 7 heteroatoms. The summed E-state index contributed by atoms with van der Waals surface area (Å²) in [5.74, 6) is 0. The lowest BCUT2D eigenvalue weighted by Crippen LogP contribution is -2.38. The van der Waals surface area contributed by atoms with Crippen LogP contribution in [-0.2, 0) is 13.0 Å². The van der Waals surface area contributed by atoms with E-state index in [1.807, 2.05) is 31.3 Å². The topological polar surface area (TPSA) is 48.5 Å². The molecule has 2 rings (SSSR count). The van der Waals surface area contributed by atoms with Gasteiger partial charge < -0.3 is 10.2 Å². The summed E-state index contributed by atoms with van der Waals surface area (Å²) in [6.45, 7) is 2.17. The fourth-order valence-corrected chi connectivity index (χ4v) is 3.09. The van der Waals surface area contributed by atoms with Crippen LogP contribution >= 0.6 is 22.9 Å². The Labute approximate surface area is 152 Å². The lowest BCUT2D eigenvalue weighted by atomic mass is 10.2. The third-order valence-corrected chi connectivity index (χ3v) is 4.63. The van der Waals surface area contributed by atoms with Crippen LogP contribution in [0.5, 0.6) is 0 Å². The molecular formula is C17H23ClN4OS. The van der Waals surface area contributed by atoms with E-state index in [0.29, 0.717) is 6.54 Å². The van der Waals surface area contributed by atoms with E-state index in [0.717, 1.165) is 35.2 Å². The van der Waals surface area contributed by atoms with Gasteiger partial charge >= 0.3 is 6.03 Å². The first-order valence-corrected chi connectivity index (χ1v) is 9.01. The predicted molar refractivity (Wildman–Crippen MR) is 99.8 cm³/mol. The molecule has 0 bridgehead atoms. The highest BCUT2D eigenvalue weighted by Crippen LogP contribution is 2.17. The molecule has 0 saturated carbocycles. The van der Waals surface area contributed by atoms with E-state index in [1.54, 1.807) is 25.4 Å². The number of nitrogens with one attached hydrogen (secondary N) is 1. The number of hydrogen-bond acceptors (Lipinski definition) is 4. The summed E-state index contributed by atoms with van der Waals surface area (Å²) in [5, 5.41) is 6.81. The number of nitrogens with zero attached hydrogens (tertiary/aromatic N) is 3. The zero-order valence-electron chi connectivity index (χ0n) is 14.3. The van der Waals surface area contributed by atoms with Crippen LogP contribution in [0.1, 0.15) is 16.3 Å². The molecule has 5 nitrogen and oxygen atoms in total. The summed E-state index contributed by atoms with van der Waals surface area (Å²) in [5.41, 5.74) is 2.27. The number of carbonyl (C=O) groups is 1. The average molecular weight is 367 g/mol. The first kappa shape index (κ1) is 18.7. The van der Waals surface area contributed by atoms with Gasteiger partial charge in [-0.2, -0.15) is 0 Å². The molecule has 1 aromatic heterocycles. The monoisotopic (exact) mass is 366 g/mol. The second-order valence-corrected chi connectivity index (χ2v) is 7.28. The van der Waals surface area contributed by atoms with Gasteiger partial charge in [0.1, 0.15) is 0 Å². The van der Waals surface area contributed by atoms with Gasteiger partial charge in [0.2, 0.25) is 0 Å². The Balaban J connectivity index is 1.78. The van der Waals surface area contributed by atoms with E-state index in [1.165, 1.54) is 10.5 Å². The van der Waals surface area contributed by atoms with Gasteiger partial charge in [0.25, 0.3) is 0 Å². The molecule has 0 fully saturated rings. The van der Waals surface area contributed by atoms with E-state index >= 15 is 0 Å². The number of hydrogen-bond donors (Lipinski definition) is 1. The fourth-order valence-electron chi connectivity index (χ4n) is 2.15. The van der Waals surface area contributed by atoms with Crippen molar-refractivity contribution in [1.29, 1.82) is 0 Å². The van der Waals surface area contributed by atoms with E-state index in [2.05, 4.69) is 20.6 Å². The molecule has 130 valence electrons. The number of benzene rings is 1. The number of aromatic nitrogens is 1. The normalized spacial score (nSPS) is 10.9. The van der Waals surface area contributed by atoms with Crippen molar-refractivity contribution < 1.29 is 4.79 Å². The van der Waals surface area contributed by atoms with E-state index < -0.39 is 0 Å². The average Bonchev–Trinajstić information content (AvgIpc) is 2.96. The van der Waals surface area contributed by atoms with Crippen LogP contribution in [0.4, 0.5) is 4.79 Å². The number of urea groups is 1. The Bertz CT molecular complexity index is 657. The summed E-state index contributed by atoms with van der Waals surface area (Å²) in [7, 11) is 5.49. The van der Waals surface area contributed by atoms with Crippen molar-refractivity contribution in [2.45, 2.75) is 13.0 Å². The molecule has 0 radical (unpaired) electrons. The first-order valence-electron chi connectivity index (χ1n) is 7.75. The van der Waals surface area contributed by atoms with Crippen molar-refractivity contribution in [3.05, 3.63) is 50.9 Å². The maximum atomic E-state index is 11.5. The number of carbonyl (C=O) groups excluding carboxylic acids is 1. The minimum absolute atomic E-state index is 0.0673.